The average Bonchev–Trinajstić information content (AvgIpc) is 2.35. The van der Waals surface area contributed by atoms with Gasteiger partial charge in [0.05, 0.1) is 11.1 Å². The van der Waals surface area contributed by atoms with Crippen LogP contribution in [0.2, 0.25) is 0 Å². The average molecular weight is 287 g/mol. The van der Waals surface area contributed by atoms with E-state index in [2.05, 4.69) is 13.8 Å². The minimum atomic E-state index is -0.277. The van der Waals surface area contributed by atoms with E-state index in [9.17, 15) is 4.39 Å². The van der Waals surface area contributed by atoms with Crippen LogP contribution in [0.4, 0.5) is 4.39 Å². The normalized spacial score (nSPS) is 28.6. The maximum Gasteiger partial charge on any atom is 0.169 e. The standard InChI is InChI=1S/C16H24ClFO/c1-11(2)10-12-6-8-13(9-7-12)19-16-14(17)4-3-5-15(16)18/h5,11-13H,3-4,6-10H2,1-2H3. The van der Waals surface area contributed by atoms with Crippen molar-refractivity contribution in [1.29, 1.82) is 0 Å². The van der Waals surface area contributed by atoms with Gasteiger partial charge in [-0.05, 0) is 62.9 Å². The predicted molar refractivity (Wildman–Crippen MR) is 77.6 cm³/mol. The van der Waals surface area contributed by atoms with Crippen molar-refractivity contribution in [2.24, 2.45) is 11.8 Å². The van der Waals surface area contributed by atoms with Crippen molar-refractivity contribution in [3.8, 4) is 0 Å². The zero-order valence-corrected chi connectivity index (χ0v) is 12.7. The second kappa shape index (κ2) is 6.78. The molecule has 2 rings (SSSR count). The Hall–Kier alpha value is -0.500. The van der Waals surface area contributed by atoms with Gasteiger partial charge in [0.25, 0.3) is 0 Å². The van der Waals surface area contributed by atoms with E-state index < -0.39 is 0 Å². The molecular weight excluding hydrogens is 263 g/mol. The van der Waals surface area contributed by atoms with Crippen molar-refractivity contribution >= 4 is 11.6 Å². The number of rotatable bonds is 4. The van der Waals surface area contributed by atoms with Crippen LogP contribution in [-0.2, 0) is 4.74 Å². The first kappa shape index (κ1) is 14.9. The smallest absolute Gasteiger partial charge is 0.169 e. The molecule has 0 aromatic carbocycles. The van der Waals surface area contributed by atoms with Crippen LogP contribution in [0.15, 0.2) is 22.7 Å². The van der Waals surface area contributed by atoms with Crippen LogP contribution < -0.4 is 0 Å². The second-order valence-electron chi connectivity index (χ2n) is 6.21. The Bertz CT molecular complexity index is 365. The third-order valence-corrected chi connectivity index (χ3v) is 4.39. The first-order chi connectivity index (χ1) is 9.06. The first-order valence-corrected chi connectivity index (χ1v) is 7.85. The summed E-state index contributed by atoms with van der Waals surface area (Å²) in [7, 11) is 0. The van der Waals surface area contributed by atoms with Crippen molar-refractivity contribution in [2.45, 2.75) is 64.9 Å². The Balaban J connectivity index is 1.84. The van der Waals surface area contributed by atoms with Gasteiger partial charge in [-0.1, -0.05) is 25.4 Å². The van der Waals surface area contributed by atoms with Gasteiger partial charge >= 0.3 is 0 Å². The molecule has 0 spiro atoms. The molecule has 2 aliphatic rings. The number of halogens is 2. The van der Waals surface area contributed by atoms with Crippen LogP contribution in [0, 0.1) is 11.8 Å². The van der Waals surface area contributed by atoms with Gasteiger partial charge in [-0.15, -0.1) is 0 Å². The van der Waals surface area contributed by atoms with Crippen LogP contribution >= 0.6 is 11.6 Å². The van der Waals surface area contributed by atoms with E-state index in [0.29, 0.717) is 23.6 Å². The largest absolute Gasteiger partial charge is 0.486 e. The van der Waals surface area contributed by atoms with Crippen molar-refractivity contribution in [2.75, 3.05) is 0 Å². The highest BCUT2D eigenvalue weighted by molar-refractivity contribution is 6.30. The lowest BCUT2D eigenvalue weighted by molar-refractivity contribution is 0.0620. The summed E-state index contributed by atoms with van der Waals surface area (Å²) in [4.78, 5) is 0. The molecule has 0 radical (unpaired) electrons. The Labute approximate surface area is 120 Å². The molecule has 0 saturated heterocycles. The van der Waals surface area contributed by atoms with Crippen LogP contribution in [0.5, 0.6) is 0 Å². The lowest BCUT2D eigenvalue weighted by Gasteiger charge is -2.31. The minimum absolute atomic E-state index is 0.143. The van der Waals surface area contributed by atoms with Gasteiger partial charge in [-0.2, -0.15) is 0 Å². The third kappa shape index (κ3) is 4.24. The molecule has 0 aromatic rings. The fraction of sp³-hybridized carbons (Fsp3) is 0.750. The quantitative estimate of drug-likeness (QED) is 0.643. The van der Waals surface area contributed by atoms with Gasteiger partial charge in [-0.25, -0.2) is 4.39 Å². The molecule has 0 amide bonds. The summed E-state index contributed by atoms with van der Waals surface area (Å²) in [6, 6.07) is 0. The highest BCUT2D eigenvalue weighted by Crippen LogP contribution is 2.35. The van der Waals surface area contributed by atoms with Crippen molar-refractivity contribution in [1.82, 2.24) is 0 Å². The maximum absolute atomic E-state index is 13.7. The molecule has 19 heavy (non-hydrogen) atoms. The highest BCUT2D eigenvalue weighted by atomic mass is 35.5. The van der Waals surface area contributed by atoms with Crippen molar-refractivity contribution in [3.63, 3.8) is 0 Å². The lowest BCUT2D eigenvalue weighted by Crippen LogP contribution is -2.23. The molecular formula is C16H24ClFO. The molecule has 1 nitrogen and oxygen atoms in total. The molecule has 108 valence electrons. The van der Waals surface area contributed by atoms with E-state index in [0.717, 1.165) is 24.7 Å². The minimum Gasteiger partial charge on any atom is -0.486 e. The number of hydrogen-bond acceptors (Lipinski definition) is 1. The van der Waals surface area contributed by atoms with Gasteiger partial charge in [0, 0.05) is 0 Å². The van der Waals surface area contributed by atoms with Gasteiger partial charge in [0.15, 0.2) is 11.6 Å². The second-order valence-corrected chi connectivity index (χ2v) is 6.67. The van der Waals surface area contributed by atoms with E-state index >= 15 is 0 Å². The van der Waals surface area contributed by atoms with Gasteiger partial charge < -0.3 is 4.74 Å². The van der Waals surface area contributed by atoms with Crippen LogP contribution in [0.1, 0.15) is 58.8 Å². The Kier molecular flexibility index (Phi) is 5.32. The van der Waals surface area contributed by atoms with E-state index in [4.69, 9.17) is 16.3 Å². The number of allylic oxidation sites excluding steroid dienone is 3. The number of hydrogen-bond donors (Lipinski definition) is 0. The molecule has 0 atom stereocenters. The molecule has 0 heterocycles. The summed E-state index contributed by atoms with van der Waals surface area (Å²) in [5.74, 6) is 1.61. The topological polar surface area (TPSA) is 9.23 Å². The lowest BCUT2D eigenvalue weighted by atomic mass is 9.82. The molecule has 0 aliphatic heterocycles. The Morgan fingerprint density at radius 3 is 2.58 bits per heavy atom. The Morgan fingerprint density at radius 2 is 2.00 bits per heavy atom. The van der Waals surface area contributed by atoms with Crippen LogP contribution in [0.3, 0.4) is 0 Å². The molecule has 2 aliphatic carbocycles. The Morgan fingerprint density at radius 1 is 1.32 bits per heavy atom. The number of ether oxygens (including phenoxy) is 1. The van der Waals surface area contributed by atoms with Gasteiger partial charge in [0.1, 0.15) is 0 Å². The molecule has 0 N–H and O–H groups in total. The van der Waals surface area contributed by atoms with Gasteiger partial charge in [-0.3, -0.25) is 0 Å². The van der Waals surface area contributed by atoms with Crippen LogP contribution in [-0.4, -0.2) is 6.10 Å². The maximum atomic E-state index is 13.7. The van der Waals surface area contributed by atoms with E-state index in [1.165, 1.54) is 19.3 Å². The molecule has 3 heteroatoms. The summed E-state index contributed by atoms with van der Waals surface area (Å²) >= 11 is 6.07. The van der Waals surface area contributed by atoms with E-state index in [1.54, 1.807) is 6.08 Å². The molecule has 0 bridgehead atoms. The van der Waals surface area contributed by atoms with Crippen molar-refractivity contribution < 1.29 is 9.13 Å². The summed E-state index contributed by atoms with van der Waals surface area (Å²) in [5, 5.41) is 0.546. The van der Waals surface area contributed by atoms with Crippen molar-refractivity contribution in [3.05, 3.63) is 22.7 Å². The zero-order chi connectivity index (χ0) is 13.8. The summed E-state index contributed by atoms with van der Waals surface area (Å²) < 4.78 is 19.5. The van der Waals surface area contributed by atoms with E-state index in [1.807, 2.05) is 0 Å². The molecule has 0 aromatic heterocycles. The molecule has 0 unspecified atom stereocenters. The first-order valence-electron chi connectivity index (χ1n) is 7.47. The zero-order valence-electron chi connectivity index (χ0n) is 11.9. The summed E-state index contributed by atoms with van der Waals surface area (Å²) in [6.07, 6.45) is 8.83. The van der Waals surface area contributed by atoms with Crippen LogP contribution in [0.25, 0.3) is 0 Å². The van der Waals surface area contributed by atoms with E-state index in [-0.39, 0.29) is 11.9 Å². The molecule has 1 fully saturated rings. The summed E-state index contributed by atoms with van der Waals surface area (Å²) in [5.41, 5.74) is 0. The monoisotopic (exact) mass is 286 g/mol. The highest BCUT2D eigenvalue weighted by Gasteiger charge is 2.26. The van der Waals surface area contributed by atoms with Gasteiger partial charge in [0.2, 0.25) is 0 Å². The summed E-state index contributed by atoms with van der Waals surface area (Å²) in [6.45, 7) is 4.55. The fourth-order valence-corrected chi connectivity index (χ4v) is 3.34. The fourth-order valence-electron chi connectivity index (χ4n) is 3.10. The molecule has 1 saturated carbocycles. The SMILES string of the molecule is CC(C)CC1CCC(OC2=C(Cl)CCC=C2F)CC1. The predicted octanol–water partition coefficient (Wildman–Crippen LogP) is 5.71. The third-order valence-electron chi connectivity index (χ3n) is 4.03.